The molecule has 1 amide bonds. The van der Waals surface area contributed by atoms with Gasteiger partial charge in [-0.25, -0.2) is 0 Å². The number of hydrogen-bond acceptors (Lipinski definition) is 3. The van der Waals surface area contributed by atoms with Crippen LogP contribution in [0.25, 0.3) is 0 Å². The molecule has 4 N–H and O–H groups in total. The summed E-state index contributed by atoms with van der Waals surface area (Å²) in [6.07, 6.45) is 1.14. The first-order chi connectivity index (χ1) is 11.0. The van der Waals surface area contributed by atoms with Gasteiger partial charge in [0.1, 0.15) is 0 Å². The number of carbonyl (C=O) groups excluding carboxylic acids is 1. The van der Waals surface area contributed by atoms with Gasteiger partial charge >= 0.3 is 0 Å². The Morgan fingerprint density at radius 3 is 2.17 bits per heavy atom. The van der Waals surface area contributed by atoms with E-state index in [1.807, 2.05) is 49.4 Å². The zero-order valence-corrected chi connectivity index (χ0v) is 15.0. The van der Waals surface area contributed by atoms with Crippen molar-refractivity contribution in [2.75, 3.05) is 10.6 Å². The highest BCUT2D eigenvalue weighted by Gasteiger charge is 2.06. The quantitative estimate of drug-likeness (QED) is 0.697. The van der Waals surface area contributed by atoms with Gasteiger partial charge in [-0.2, -0.15) is 0 Å². The number of nitrogens with one attached hydrogen (secondary N) is 2. The minimum atomic E-state index is 0. The molecular formula is C19H26ClN3O. The minimum Gasteiger partial charge on any atom is -0.379 e. The van der Waals surface area contributed by atoms with Gasteiger partial charge in [0.2, 0.25) is 5.91 Å². The summed E-state index contributed by atoms with van der Waals surface area (Å²) in [5.41, 5.74) is 8.72. The predicted octanol–water partition coefficient (Wildman–Crippen LogP) is 4.35. The normalized spacial score (nSPS) is 12.6. The third kappa shape index (κ3) is 6.60. The van der Waals surface area contributed by atoms with Gasteiger partial charge in [0, 0.05) is 29.9 Å². The first kappa shape index (κ1) is 20.0. The molecule has 0 aliphatic rings. The summed E-state index contributed by atoms with van der Waals surface area (Å²) in [5.74, 6) is 0.000614. The summed E-state index contributed by atoms with van der Waals surface area (Å²) in [6, 6.07) is 18.3. The van der Waals surface area contributed by atoms with Gasteiger partial charge in [0.25, 0.3) is 0 Å². The topological polar surface area (TPSA) is 67.2 Å². The molecule has 2 atom stereocenters. The monoisotopic (exact) mass is 347 g/mol. The van der Waals surface area contributed by atoms with E-state index in [0.29, 0.717) is 12.8 Å². The molecule has 0 fully saturated rings. The molecule has 0 spiro atoms. The molecule has 4 nitrogen and oxygen atoms in total. The summed E-state index contributed by atoms with van der Waals surface area (Å²) < 4.78 is 0. The maximum absolute atomic E-state index is 11.8. The molecule has 130 valence electrons. The first-order valence-electron chi connectivity index (χ1n) is 8.01. The minimum absolute atomic E-state index is 0. The summed E-state index contributed by atoms with van der Waals surface area (Å²) in [7, 11) is 0. The molecule has 5 heteroatoms. The van der Waals surface area contributed by atoms with E-state index in [1.165, 1.54) is 5.56 Å². The second-order valence-corrected chi connectivity index (χ2v) is 5.92. The van der Waals surface area contributed by atoms with E-state index in [9.17, 15) is 4.79 Å². The van der Waals surface area contributed by atoms with Crippen LogP contribution in [0.5, 0.6) is 0 Å². The van der Waals surface area contributed by atoms with E-state index >= 15 is 0 Å². The molecule has 0 saturated carbocycles. The van der Waals surface area contributed by atoms with Crippen molar-refractivity contribution in [2.24, 2.45) is 5.73 Å². The highest BCUT2D eigenvalue weighted by atomic mass is 35.5. The van der Waals surface area contributed by atoms with Gasteiger partial charge in [-0.05, 0) is 50.1 Å². The smallest absolute Gasteiger partial charge is 0.224 e. The average Bonchev–Trinajstić information content (AvgIpc) is 2.55. The van der Waals surface area contributed by atoms with E-state index in [0.717, 1.165) is 11.4 Å². The van der Waals surface area contributed by atoms with Crippen molar-refractivity contribution in [3.8, 4) is 0 Å². The molecular weight excluding hydrogens is 322 g/mol. The van der Waals surface area contributed by atoms with Crippen LogP contribution >= 0.6 is 12.4 Å². The van der Waals surface area contributed by atoms with Crippen LogP contribution in [0.15, 0.2) is 54.6 Å². The van der Waals surface area contributed by atoms with Crippen LogP contribution in [-0.4, -0.2) is 11.9 Å². The van der Waals surface area contributed by atoms with Crippen molar-refractivity contribution in [3.63, 3.8) is 0 Å². The lowest BCUT2D eigenvalue weighted by atomic mass is 10.1. The Morgan fingerprint density at radius 1 is 1.00 bits per heavy atom. The van der Waals surface area contributed by atoms with Crippen molar-refractivity contribution in [1.29, 1.82) is 0 Å². The molecule has 0 aromatic heterocycles. The maximum atomic E-state index is 11.8. The van der Waals surface area contributed by atoms with Crippen LogP contribution in [-0.2, 0) is 4.79 Å². The zero-order valence-electron chi connectivity index (χ0n) is 14.2. The predicted molar refractivity (Wildman–Crippen MR) is 104 cm³/mol. The maximum Gasteiger partial charge on any atom is 0.224 e. The molecule has 2 aromatic carbocycles. The van der Waals surface area contributed by atoms with E-state index < -0.39 is 0 Å². The molecule has 0 bridgehead atoms. The number of nitrogens with two attached hydrogens (primary N) is 1. The number of halogens is 1. The average molecular weight is 348 g/mol. The van der Waals surface area contributed by atoms with Crippen LogP contribution in [0, 0.1) is 0 Å². The molecule has 0 saturated heterocycles. The number of carbonyl (C=O) groups is 1. The summed E-state index contributed by atoms with van der Waals surface area (Å²) in [6.45, 7) is 4.03. The van der Waals surface area contributed by atoms with E-state index in [2.05, 4.69) is 29.7 Å². The molecule has 2 rings (SSSR count). The first-order valence-corrected chi connectivity index (χ1v) is 8.01. The number of benzene rings is 2. The van der Waals surface area contributed by atoms with E-state index in [-0.39, 0.29) is 30.4 Å². The molecule has 0 aliphatic heterocycles. The molecule has 24 heavy (non-hydrogen) atoms. The van der Waals surface area contributed by atoms with Gasteiger partial charge in [-0.15, -0.1) is 12.4 Å². The van der Waals surface area contributed by atoms with Crippen molar-refractivity contribution in [3.05, 3.63) is 60.2 Å². The fourth-order valence-electron chi connectivity index (χ4n) is 2.31. The van der Waals surface area contributed by atoms with Crippen molar-refractivity contribution in [1.82, 2.24) is 0 Å². The number of anilines is 2. The largest absolute Gasteiger partial charge is 0.379 e. The summed E-state index contributed by atoms with van der Waals surface area (Å²) in [4.78, 5) is 11.8. The van der Waals surface area contributed by atoms with E-state index in [4.69, 9.17) is 5.73 Å². The van der Waals surface area contributed by atoms with Crippen LogP contribution in [0.1, 0.15) is 38.3 Å². The molecule has 0 radical (unpaired) electrons. The highest BCUT2D eigenvalue weighted by Crippen LogP contribution is 2.20. The Morgan fingerprint density at radius 2 is 1.58 bits per heavy atom. The lowest BCUT2D eigenvalue weighted by Crippen LogP contribution is -2.19. The van der Waals surface area contributed by atoms with E-state index in [1.54, 1.807) is 0 Å². The fraction of sp³-hybridized carbons (Fsp3) is 0.316. The molecule has 0 aliphatic carbocycles. The van der Waals surface area contributed by atoms with Crippen molar-refractivity contribution in [2.45, 2.75) is 38.8 Å². The van der Waals surface area contributed by atoms with Gasteiger partial charge in [0.15, 0.2) is 0 Å². The van der Waals surface area contributed by atoms with Crippen molar-refractivity contribution < 1.29 is 4.79 Å². The summed E-state index contributed by atoms with van der Waals surface area (Å²) >= 11 is 0. The lowest BCUT2D eigenvalue weighted by Gasteiger charge is -2.16. The van der Waals surface area contributed by atoms with Crippen LogP contribution in [0.4, 0.5) is 11.4 Å². The molecule has 2 aromatic rings. The summed E-state index contributed by atoms with van der Waals surface area (Å²) in [5, 5.41) is 6.34. The Bertz CT molecular complexity index is 614. The lowest BCUT2D eigenvalue weighted by molar-refractivity contribution is -0.116. The Hall–Kier alpha value is -2.04. The van der Waals surface area contributed by atoms with Crippen molar-refractivity contribution >= 4 is 29.7 Å². The fourth-order valence-corrected chi connectivity index (χ4v) is 2.31. The second kappa shape index (κ2) is 9.96. The van der Waals surface area contributed by atoms with Gasteiger partial charge < -0.3 is 16.4 Å². The van der Waals surface area contributed by atoms with Gasteiger partial charge in [-0.1, -0.05) is 30.3 Å². The number of rotatable bonds is 7. The third-order valence-corrected chi connectivity index (χ3v) is 3.68. The zero-order chi connectivity index (χ0) is 16.7. The number of hydrogen-bond donors (Lipinski definition) is 3. The Labute approximate surface area is 150 Å². The SMILES string of the molecule is CC(N)CCC(=O)Nc1ccc(NC(C)c2ccccc2)cc1.Cl. The Balaban J connectivity index is 0.00000288. The van der Waals surface area contributed by atoms with Crippen LogP contribution < -0.4 is 16.4 Å². The third-order valence-electron chi connectivity index (χ3n) is 3.68. The Kier molecular flexibility index (Phi) is 8.30. The number of amides is 1. The highest BCUT2D eigenvalue weighted by molar-refractivity contribution is 5.90. The molecule has 2 unspecified atom stereocenters. The standard InChI is InChI=1S/C19H25N3O.ClH/c1-14(20)8-13-19(23)22-18-11-9-17(10-12-18)21-15(2)16-6-4-3-5-7-16;/h3-7,9-12,14-15,21H,8,13,20H2,1-2H3,(H,22,23);1H. The van der Waals surface area contributed by atoms with Crippen LogP contribution in [0.2, 0.25) is 0 Å². The van der Waals surface area contributed by atoms with Gasteiger partial charge in [0.05, 0.1) is 0 Å². The second-order valence-electron chi connectivity index (χ2n) is 5.92. The molecule has 0 heterocycles. The van der Waals surface area contributed by atoms with Gasteiger partial charge in [-0.3, -0.25) is 4.79 Å². The van der Waals surface area contributed by atoms with Crippen LogP contribution in [0.3, 0.4) is 0 Å².